The summed E-state index contributed by atoms with van der Waals surface area (Å²) >= 11 is 6.84. The molecule has 0 aliphatic heterocycles. The van der Waals surface area contributed by atoms with Gasteiger partial charge in [0.05, 0.1) is 0 Å². The van der Waals surface area contributed by atoms with Gasteiger partial charge in [-0.1, -0.05) is 26.2 Å². The summed E-state index contributed by atoms with van der Waals surface area (Å²) in [6.45, 7) is 2.31. The summed E-state index contributed by atoms with van der Waals surface area (Å²) in [7, 11) is 0. The van der Waals surface area contributed by atoms with Crippen LogP contribution in [-0.4, -0.2) is 9.97 Å². The van der Waals surface area contributed by atoms with Crippen LogP contribution in [0.25, 0.3) is 0 Å². The van der Waals surface area contributed by atoms with Crippen molar-refractivity contribution >= 4 is 31.9 Å². The van der Waals surface area contributed by atoms with Crippen molar-refractivity contribution in [1.82, 2.24) is 9.97 Å². The zero-order chi connectivity index (χ0) is 10.8. The lowest BCUT2D eigenvalue weighted by molar-refractivity contribution is 0.319. The number of nitrogens with zero attached hydrogens (tertiary/aromatic N) is 2. The third-order valence-corrected chi connectivity index (χ3v) is 3.94. The van der Waals surface area contributed by atoms with Crippen molar-refractivity contribution in [2.45, 2.75) is 38.5 Å². The normalized spacial score (nSPS) is 26.6. The minimum atomic E-state index is 0.535. The van der Waals surface area contributed by atoms with Crippen LogP contribution in [0.4, 0.5) is 0 Å². The molecule has 0 spiro atoms. The molecule has 2 atom stereocenters. The van der Waals surface area contributed by atoms with Crippen LogP contribution in [0.3, 0.4) is 0 Å². The zero-order valence-electron chi connectivity index (χ0n) is 8.71. The molecule has 1 aromatic rings. The summed E-state index contributed by atoms with van der Waals surface area (Å²) in [5.41, 5.74) is 0. The molecular formula is C11H14Br2N2. The topological polar surface area (TPSA) is 25.8 Å². The first-order chi connectivity index (χ1) is 7.16. The van der Waals surface area contributed by atoms with Gasteiger partial charge in [0.2, 0.25) is 0 Å². The van der Waals surface area contributed by atoms with Crippen molar-refractivity contribution in [3.05, 3.63) is 21.1 Å². The summed E-state index contributed by atoms with van der Waals surface area (Å²) in [6, 6.07) is 1.89. The van der Waals surface area contributed by atoms with E-state index in [4.69, 9.17) is 0 Å². The fourth-order valence-electron chi connectivity index (χ4n) is 2.27. The molecule has 2 rings (SSSR count). The van der Waals surface area contributed by atoms with Crippen LogP contribution >= 0.6 is 31.9 Å². The molecule has 0 radical (unpaired) electrons. The van der Waals surface area contributed by atoms with Gasteiger partial charge in [0, 0.05) is 12.0 Å². The Balaban J connectivity index is 2.27. The van der Waals surface area contributed by atoms with Gasteiger partial charge < -0.3 is 0 Å². The summed E-state index contributed by atoms with van der Waals surface area (Å²) in [4.78, 5) is 8.97. The Hall–Kier alpha value is 0.0400. The van der Waals surface area contributed by atoms with E-state index in [1.807, 2.05) is 6.07 Å². The quantitative estimate of drug-likeness (QED) is 0.716. The number of hydrogen-bond acceptors (Lipinski definition) is 2. The highest BCUT2D eigenvalue weighted by Crippen LogP contribution is 2.36. The van der Waals surface area contributed by atoms with E-state index in [0.717, 1.165) is 15.0 Å². The Morgan fingerprint density at radius 1 is 1.13 bits per heavy atom. The van der Waals surface area contributed by atoms with E-state index in [1.165, 1.54) is 25.7 Å². The maximum Gasteiger partial charge on any atom is 0.134 e. The Labute approximate surface area is 107 Å². The van der Waals surface area contributed by atoms with Crippen LogP contribution in [-0.2, 0) is 0 Å². The van der Waals surface area contributed by atoms with Crippen LogP contribution in [0, 0.1) is 5.92 Å². The minimum Gasteiger partial charge on any atom is -0.226 e. The molecule has 0 saturated heterocycles. The fourth-order valence-corrected chi connectivity index (χ4v) is 3.38. The van der Waals surface area contributed by atoms with Crippen molar-refractivity contribution < 1.29 is 0 Å². The summed E-state index contributed by atoms with van der Waals surface area (Å²) in [6.07, 6.45) is 5.19. The molecule has 1 aromatic heterocycles. The molecule has 1 saturated carbocycles. The molecule has 0 amide bonds. The molecule has 1 heterocycles. The Morgan fingerprint density at radius 2 is 1.73 bits per heavy atom. The van der Waals surface area contributed by atoms with E-state index in [0.29, 0.717) is 11.8 Å². The van der Waals surface area contributed by atoms with E-state index in [9.17, 15) is 0 Å². The average Bonchev–Trinajstić information content (AvgIpc) is 2.16. The lowest BCUT2D eigenvalue weighted by Gasteiger charge is -2.27. The second kappa shape index (κ2) is 4.91. The second-order valence-electron chi connectivity index (χ2n) is 4.24. The van der Waals surface area contributed by atoms with Gasteiger partial charge in [-0.25, -0.2) is 9.97 Å². The number of rotatable bonds is 1. The maximum absolute atomic E-state index is 4.48. The van der Waals surface area contributed by atoms with Gasteiger partial charge in [0.15, 0.2) is 0 Å². The first-order valence-corrected chi connectivity index (χ1v) is 6.95. The predicted octanol–water partition coefficient (Wildman–Crippen LogP) is 4.30. The number of halogens is 2. The monoisotopic (exact) mass is 332 g/mol. The van der Waals surface area contributed by atoms with Crippen molar-refractivity contribution in [1.29, 1.82) is 0 Å². The van der Waals surface area contributed by atoms with E-state index in [2.05, 4.69) is 48.8 Å². The van der Waals surface area contributed by atoms with Crippen LogP contribution in [0.1, 0.15) is 44.3 Å². The molecule has 1 fully saturated rings. The third-order valence-electron chi connectivity index (χ3n) is 3.12. The molecule has 0 bridgehead atoms. The predicted molar refractivity (Wildman–Crippen MR) is 67.8 cm³/mol. The van der Waals surface area contributed by atoms with Gasteiger partial charge >= 0.3 is 0 Å². The lowest BCUT2D eigenvalue weighted by Crippen LogP contribution is -2.17. The highest BCUT2D eigenvalue weighted by atomic mass is 79.9. The molecule has 2 nitrogen and oxygen atoms in total. The van der Waals surface area contributed by atoms with Crippen molar-refractivity contribution in [3.8, 4) is 0 Å². The van der Waals surface area contributed by atoms with Gasteiger partial charge in [-0.3, -0.25) is 0 Å². The molecule has 82 valence electrons. The van der Waals surface area contributed by atoms with Crippen molar-refractivity contribution in [3.63, 3.8) is 0 Å². The van der Waals surface area contributed by atoms with Gasteiger partial charge in [-0.05, 0) is 44.2 Å². The van der Waals surface area contributed by atoms with Crippen LogP contribution in [0.15, 0.2) is 15.3 Å². The number of aromatic nitrogens is 2. The van der Waals surface area contributed by atoms with Crippen molar-refractivity contribution in [2.75, 3.05) is 0 Å². The van der Waals surface area contributed by atoms with E-state index in [-0.39, 0.29) is 0 Å². The standard InChI is InChI=1S/C11H14Br2N2/c1-7-4-2-3-5-8(7)11-14-9(12)6-10(13)15-11/h6-8H,2-5H2,1H3. The molecule has 2 unspecified atom stereocenters. The molecular weight excluding hydrogens is 320 g/mol. The van der Waals surface area contributed by atoms with E-state index >= 15 is 0 Å². The Morgan fingerprint density at radius 3 is 2.33 bits per heavy atom. The Bertz CT molecular complexity index is 334. The minimum absolute atomic E-state index is 0.535. The fraction of sp³-hybridized carbons (Fsp3) is 0.636. The average molecular weight is 334 g/mol. The van der Waals surface area contributed by atoms with Gasteiger partial charge in [-0.2, -0.15) is 0 Å². The molecule has 1 aliphatic carbocycles. The summed E-state index contributed by atoms with van der Waals surface area (Å²) in [5, 5.41) is 0. The van der Waals surface area contributed by atoms with E-state index < -0.39 is 0 Å². The number of hydrogen-bond donors (Lipinski definition) is 0. The molecule has 0 N–H and O–H groups in total. The summed E-state index contributed by atoms with van der Waals surface area (Å²) < 4.78 is 1.74. The molecule has 1 aliphatic rings. The second-order valence-corrected chi connectivity index (χ2v) is 5.86. The highest BCUT2D eigenvalue weighted by molar-refractivity contribution is 9.11. The van der Waals surface area contributed by atoms with Gasteiger partial charge in [0.25, 0.3) is 0 Å². The Kier molecular flexibility index (Phi) is 3.78. The first kappa shape index (κ1) is 11.5. The van der Waals surface area contributed by atoms with Crippen molar-refractivity contribution in [2.24, 2.45) is 5.92 Å². The first-order valence-electron chi connectivity index (χ1n) is 5.37. The van der Waals surface area contributed by atoms with Crippen LogP contribution in [0.5, 0.6) is 0 Å². The molecule has 0 aromatic carbocycles. The highest BCUT2D eigenvalue weighted by Gasteiger charge is 2.25. The lowest BCUT2D eigenvalue weighted by atomic mass is 9.80. The van der Waals surface area contributed by atoms with Gasteiger partial charge in [-0.15, -0.1) is 0 Å². The third kappa shape index (κ3) is 2.78. The van der Waals surface area contributed by atoms with E-state index in [1.54, 1.807) is 0 Å². The molecule has 4 heteroatoms. The summed E-state index contributed by atoms with van der Waals surface area (Å²) in [5.74, 6) is 2.23. The molecule has 15 heavy (non-hydrogen) atoms. The largest absolute Gasteiger partial charge is 0.226 e. The van der Waals surface area contributed by atoms with Gasteiger partial charge in [0.1, 0.15) is 15.0 Å². The maximum atomic E-state index is 4.48. The zero-order valence-corrected chi connectivity index (χ0v) is 11.9. The smallest absolute Gasteiger partial charge is 0.134 e. The van der Waals surface area contributed by atoms with Crippen LogP contribution in [0.2, 0.25) is 0 Å². The van der Waals surface area contributed by atoms with Crippen LogP contribution < -0.4 is 0 Å². The SMILES string of the molecule is CC1CCCCC1c1nc(Br)cc(Br)n1.